The van der Waals surface area contributed by atoms with Crippen LogP contribution >= 0.6 is 0 Å². The Kier molecular flexibility index (Phi) is 10.8. The van der Waals surface area contributed by atoms with Gasteiger partial charge in [-0.2, -0.15) is 0 Å². The summed E-state index contributed by atoms with van der Waals surface area (Å²) < 4.78 is 0. The molecule has 0 saturated heterocycles. The molecule has 3 unspecified atom stereocenters. The summed E-state index contributed by atoms with van der Waals surface area (Å²) in [4.78, 5) is 67.8. The maximum atomic E-state index is 12.1. The summed E-state index contributed by atoms with van der Waals surface area (Å²) in [6.07, 6.45) is -1.24. The number of aliphatic hydroxyl groups excluding tert-OH is 1. The number of carboxylic acids is 2. The first-order valence-electron chi connectivity index (χ1n) is 7.94. The number of aliphatic hydroxyl groups is 1. The van der Waals surface area contributed by atoms with Crippen molar-refractivity contribution in [3.8, 4) is 0 Å². The number of nitrogens with two attached hydrogens (primary N) is 2. The van der Waals surface area contributed by atoms with Crippen LogP contribution in [-0.4, -0.2) is 82.2 Å². The van der Waals surface area contributed by atoms with Gasteiger partial charge >= 0.3 is 11.9 Å². The van der Waals surface area contributed by atoms with Crippen molar-refractivity contribution in [2.45, 2.75) is 37.4 Å². The van der Waals surface area contributed by atoms with Crippen molar-refractivity contribution in [2.75, 3.05) is 13.2 Å². The zero-order valence-corrected chi connectivity index (χ0v) is 14.7. The van der Waals surface area contributed by atoms with Crippen molar-refractivity contribution in [1.82, 2.24) is 16.0 Å². The van der Waals surface area contributed by atoms with Crippen molar-refractivity contribution >= 4 is 35.6 Å². The summed E-state index contributed by atoms with van der Waals surface area (Å²) in [6.45, 7) is -1.57. The third-order valence-electron chi connectivity index (χ3n) is 3.28. The molecule has 0 aromatic carbocycles. The normalized spacial score (nSPS) is 13.5. The standard InChI is InChI=1S/C14H23N5O9/c15-6(3-11(23)24)12(25)17-4-10(22)18-7(1-2-9(16)21)13(26)19-8(5-20)14(27)28/h6-8,20H,1-5,15H2,(H2,16,21)(H,17,25)(H,18,22)(H,19,26)(H,23,24)(H,27,28). The van der Waals surface area contributed by atoms with Crippen molar-refractivity contribution in [1.29, 1.82) is 0 Å². The Morgan fingerprint density at radius 3 is 2.00 bits per heavy atom. The molecule has 0 rings (SSSR count). The van der Waals surface area contributed by atoms with Gasteiger partial charge < -0.3 is 42.7 Å². The van der Waals surface area contributed by atoms with E-state index in [-0.39, 0.29) is 12.8 Å². The number of rotatable bonds is 13. The lowest BCUT2D eigenvalue weighted by atomic mass is 10.1. The SMILES string of the molecule is NC(=O)CCC(NC(=O)CNC(=O)C(N)CC(=O)O)C(=O)NC(CO)C(=O)O. The molecule has 4 amide bonds. The average molecular weight is 405 g/mol. The van der Waals surface area contributed by atoms with Crippen LogP contribution in [0, 0.1) is 0 Å². The average Bonchev–Trinajstić information content (AvgIpc) is 2.59. The highest BCUT2D eigenvalue weighted by Crippen LogP contribution is 1.99. The largest absolute Gasteiger partial charge is 0.481 e. The molecule has 0 heterocycles. The fraction of sp³-hybridized carbons (Fsp3) is 0.571. The predicted molar refractivity (Wildman–Crippen MR) is 90.2 cm³/mol. The van der Waals surface area contributed by atoms with E-state index in [2.05, 4.69) is 10.6 Å². The van der Waals surface area contributed by atoms with Gasteiger partial charge in [-0.15, -0.1) is 0 Å². The van der Waals surface area contributed by atoms with Gasteiger partial charge in [-0.05, 0) is 6.42 Å². The van der Waals surface area contributed by atoms with E-state index in [9.17, 15) is 28.8 Å². The molecule has 0 aromatic rings. The van der Waals surface area contributed by atoms with E-state index >= 15 is 0 Å². The molecule has 0 aliphatic heterocycles. The minimum absolute atomic E-state index is 0.267. The number of primary amides is 1. The van der Waals surface area contributed by atoms with Crippen LogP contribution in [0.3, 0.4) is 0 Å². The second-order valence-corrected chi connectivity index (χ2v) is 5.63. The van der Waals surface area contributed by atoms with Gasteiger partial charge in [-0.1, -0.05) is 0 Å². The van der Waals surface area contributed by atoms with Crippen LogP contribution in [0.2, 0.25) is 0 Å². The summed E-state index contributed by atoms with van der Waals surface area (Å²) >= 11 is 0. The zero-order chi connectivity index (χ0) is 21.9. The molecule has 3 atom stereocenters. The van der Waals surface area contributed by atoms with Crippen LogP contribution < -0.4 is 27.4 Å². The first kappa shape index (κ1) is 24.7. The van der Waals surface area contributed by atoms with E-state index in [1.165, 1.54) is 0 Å². The van der Waals surface area contributed by atoms with Crippen LogP contribution in [0.25, 0.3) is 0 Å². The van der Waals surface area contributed by atoms with Crippen LogP contribution in [0.1, 0.15) is 19.3 Å². The van der Waals surface area contributed by atoms with Crippen molar-refractivity contribution in [2.24, 2.45) is 11.5 Å². The summed E-state index contributed by atoms with van der Waals surface area (Å²) in [5, 5.41) is 32.5. The van der Waals surface area contributed by atoms with Crippen LogP contribution in [0.5, 0.6) is 0 Å². The van der Waals surface area contributed by atoms with E-state index < -0.39 is 73.3 Å². The van der Waals surface area contributed by atoms with Gasteiger partial charge in [0.15, 0.2) is 0 Å². The lowest BCUT2D eigenvalue weighted by Gasteiger charge is -2.20. The monoisotopic (exact) mass is 405 g/mol. The second kappa shape index (κ2) is 12.2. The number of hydrogen-bond donors (Lipinski definition) is 8. The van der Waals surface area contributed by atoms with Gasteiger partial charge in [0, 0.05) is 6.42 Å². The Morgan fingerprint density at radius 2 is 1.54 bits per heavy atom. The van der Waals surface area contributed by atoms with E-state index in [0.29, 0.717) is 0 Å². The molecule has 0 fully saturated rings. The molecule has 0 aromatic heterocycles. The molecular weight excluding hydrogens is 382 g/mol. The number of hydrogen-bond acceptors (Lipinski definition) is 8. The maximum absolute atomic E-state index is 12.1. The summed E-state index contributed by atoms with van der Waals surface area (Å²) in [5.41, 5.74) is 10.3. The van der Waals surface area contributed by atoms with Crippen LogP contribution in [-0.2, 0) is 28.8 Å². The summed E-state index contributed by atoms with van der Waals surface area (Å²) in [5.74, 6) is -6.41. The Balaban J connectivity index is 4.84. The van der Waals surface area contributed by atoms with Crippen molar-refractivity contribution in [3.63, 3.8) is 0 Å². The quantitative estimate of drug-likeness (QED) is 0.145. The smallest absolute Gasteiger partial charge is 0.328 e. The fourth-order valence-electron chi connectivity index (χ4n) is 1.84. The topological polar surface area (TPSA) is 251 Å². The third-order valence-corrected chi connectivity index (χ3v) is 3.28. The molecule has 14 nitrogen and oxygen atoms in total. The van der Waals surface area contributed by atoms with Crippen molar-refractivity contribution in [3.05, 3.63) is 0 Å². The Hall–Kier alpha value is -3.26. The van der Waals surface area contributed by atoms with Gasteiger partial charge in [0.25, 0.3) is 0 Å². The summed E-state index contributed by atoms with van der Waals surface area (Å²) in [7, 11) is 0. The minimum Gasteiger partial charge on any atom is -0.481 e. The first-order valence-corrected chi connectivity index (χ1v) is 7.94. The maximum Gasteiger partial charge on any atom is 0.328 e. The number of nitrogens with one attached hydrogen (secondary N) is 3. The van der Waals surface area contributed by atoms with Crippen molar-refractivity contribution < 1.29 is 44.1 Å². The number of carboxylic acid groups (broad SMARTS) is 2. The number of aliphatic carboxylic acids is 2. The van der Waals surface area contributed by atoms with Gasteiger partial charge in [0.05, 0.1) is 25.6 Å². The molecular formula is C14H23N5O9. The minimum atomic E-state index is -1.63. The van der Waals surface area contributed by atoms with E-state index in [1.807, 2.05) is 5.32 Å². The van der Waals surface area contributed by atoms with Crippen LogP contribution in [0.4, 0.5) is 0 Å². The van der Waals surface area contributed by atoms with Gasteiger partial charge in [-0.3, -0.25) is 24.0 Å². The highest BCUT2D eigenvalue weighted by molar-refractivity contribution is 5.93. The zero-order valence-electron chi connectivity index (χ0n) is 14.7. The molecule has 158 valence electrons. The van der Waals surface area contributed by atoms with E-state index in [1.54, 1.807) is 0 Å². The Labute approximate surface area is 158 Å². The molecule has 28 heavy (non-hydrogen) atoms. The van der Waals surface area contributed by atoms with Crippen LogP contribution in [0.15, 0.2) is 0 Å². The lowest BCUT2D eigenvalue weighted by molar-refractivity contribution is -0.143. The summed E-state index contributed by atoms with van der Waals surface area (Å²) in [6, 6.07) is -4.40. The van der Waals surface area contributed by atoms with E-state index in [0.717, 1.165) is 0 Å². The molecule has 0 aliphatic carbocycles. The van der Waals surface area contributed by atoms with E-state index in [4.69, 9.17) is 26.8 Å². The fourth-order valence-corrected chi connectivity index (χ4v) is 1.84. The highest BCUT2D eigenvalue weighted by atomic mass is 16.4. The second-order valence-electron chi connectivity index (χ2n) is 5.63. The molecule has 10 N–H and O–H groups in total. The molecule has 0 saturated carbocycles. The molecule has 14 heteroatoms. The number of carbonyl (C=O) groups is 6. The number of amides is 4. The predicted octanol–water partition coefficient (Wildman–Crippen LogP) is -4.78. The third kappa shape index (κ3) is 10.0. The molecule has 0 spiro atoms. The number of carbonyl (C=O) groups excluding carboxylic acids is 4. The molecule has 0 aliphatic rings. The van der Waals surface area contributed by atoms with Gasteiger partial charge in [-0.25, -0.2) is 4.79 Å². The highest BCUT2D eigenvalue weighted by Gasteiger charge is 2.26. The first-order chi connectivity index (χ1) is 13.0. The Bertz CT molecular complexity index is 624. The van der Waals surface area contributed by atoms with Gasteiger partial charge in [0.2, 0.25) is 23.6 Å². The molecule has 0 bridgehead atoms. The molecule has 0 radical (unpaired) electrons. The lowest BCUT2D eigenvalue weighted by Crippen LogP contribution is -2.54. The van der Waals surface area contributed by atoms with Gasteiger partial charge in [0.1, 0.15) is 12.1 Å². The Morgan fingerprint density at radius 1 is 0.929 bits per heavy atom.